The summed E-state index contributed by atoms with van der Waals surface area (Å²) in [5, 5.41) is 13.2. The van der Waals surface area contributed by atoms with E-state index in [1.807, 2.05) is 0 Å². The Hall–Kier alpha value is -1.64. The van der Waals surface area contributed by atoms with E-state index in [0.29, 0.717) is 25.1 Å². The number of hydrogen-bond acceptors (Lipinski definition) is 5. The molecule has 1 aliphatic rings. The summed E-state index contributed by atoms with van der Waals surface area (Å²) in [5.41, 5.74) is -1.18. The molecule has 1 aromatic rings. The smallest absolute Gasteiger partial charge is 0.243 e. The molecule has 0 bridgehead atoms. The Morgan fingerprint density at radius 3 is 2.88 bits per heavy atom. The van der Waals surface area contributed by atoms with Crippen molar-refractivity contribution in [1.82, 2.24) is 9.62 Å². The van der Waals surface area contributed by atoms with Crippen LogP contribution in [0.25, 0.3) is 0 Å². The minimum Gasteiger partial charge on any atom is -0.497 e. The predicted molar refractivity (Wildman–Crippen MR) is 89.2 cm³/mol. The van der Waals surface area contributed by atoms with E-state index in [1.165, 1.54) is 30.6 Å². The first-order valence-corrected chi connectivity index (χ1v) is 9.32. The van der Waals surface area contributed by atoms with E-state index in [4.69, 9.17) is 4.74 Å². The van der Waals surface area contributed by atoms with Gasteiger partial charge >= 0.3 is 0 Å². The average molecular weight is 356 g/mol. The second-order valence-electron chi connectivity index (χ2n) is 6.02. The van der Waals surface area contributed by atoms with Crippen molar-refractivity contribution < 1.29 is 23.1 Å². The van der Waals surface area contributed by atoms with Gasteiger partial charge in [-0.2, -0.15) is 4.31 Å². The van der Waals surface area contributed by atoms with Gasteiger partial charge in [-0.25, -0.2) is 8.42 Å². The van der Waals surface area contributed by atoms with Gasteiger partial charge in [0, 0.05) is 32.6 Å². The van der Waals surface area contributed by atoms with Crippen LogP contribution in [0.5, 0.6) is 5.75 Å². The number of amides is 1. The Kier molecular flexibility index (Phi) is 5.84. The standard InChI is InChI=1S/C16H24N2O5S/c1-17-15(19)7-9-16(20)8-4-10-18(12-16)24(21,22)14-6-3-5-13(11-14)23-2/h3,5-6,11,20H,4,7-10,12H2,1-2H3,(H,17,19)/t16-/m0/s1. The Balaban J connectivity index is 2.16. The lowest BCUT2D eigenvalue weighted by atomic mass is 9.89. The third-order valence-corrected chi connectivity index (χ3v) is 6.14. The van der Waals surface area contributed by atoms with Crippen LogP contribution in [-0.2, 0) is 14.8 Å². The summed E-state index contributed by atoms with van der Waals surface area (Å²) in [5.74, 6) is 0.291. The van der Waals surface area contributed by atoms with Crippen molar-refractivity contribution in [2.45, 2.75) is 36.2 Å². The van der Waals surface area contributed by atoms with Crippen LogP contribution in [0, 0.1) is 0 Å². The molecule has 0 spiro atoms. The molecule has 2 rings (SSSR count). The van der Waals surface area contributed by atoms with Crippen LogP contribution in [-0.4, -0.2) is 56.6 Å². The SMILES string of the molecule is CNC(=O)CC[C@@]1(O)CCCN(S(=O)(=O)c2cccc(OC)c2)C1. The maximum absolute atomic E-state index is 12.8. The summed E-state index contributed by atoms with van der Waals surface area (Å²) in [6.45, 7) is 0.339. The molecule has 1 amide bonds. The van der Waals surface area contributed by atoms with Gasteiger partial charge in [-0.1, -0.05) is 6.07 Å². The molecule has 1 heterocycles. The lowest BCUT2D eigenvalue weighted by Gasteiger charge is -2.38. The zero-order valence-electron chi connectivity index (χ0n) is 14.0. The molecule has 0 saturated carbocycles. The molecule has 1 fully saturated rings. The lowest BCUT2D eigenvalue weighted by Crippen LogP contribution is -2.50. The zero-order chi connectivity index (χ0) is 17.8. The summed E-state index contributed by atoms with van der Waals surface area (Å²) in [4.78, 5) is 11.5. The maximum Gasteiger partial charge on any atom is 0.243 e. The van der Waals surface area contributed by atoms with Gasteiger partial charge in [0.05, 0.1) is 17.6 Å². The number of rotatable bonds is 6. The highest BCUT2D eigenvalue weighted by atomic mass is 32.2. The molecule has 1 aliphatic heterocycles. The molecule has 8 heteroatoms. The Morgan fingerprint density at radius 2 is 2.21 bits per heavy atom. The quantitative estimate of drug-likeness (QED) is 0.784. The second-order valence-corrected chi connectivity index (χ2v) is 7.96. The molecule has 0 radical (unpaired) electrons. The van der Waals surface area contributed by atoms with Gasteiger partial charge in [0.2, 0.25) is 15.9 Å². The van der Waals surface area contributed by atoms with Gasteiger partial charge in [0.25, 0.3) is 0 Å². The highest BCUT2D eigenvalue weighted by Gasteiger charge is 2.38. The van der Waals surface area contributed by atoms with Gasteiger partial charge < -0.3 is 15.2 Å². The largest absolute Gasteiger partial charge is 0.497 e. The van der Waals surface area contributed by atoms with Crippen molar-refractivity contribution in [3.05, 3.63) is 24.3 Å². The molecule has 2 N–H and O–H groups in total. The molecular weight excluding hydrogens is 332 g/mol. The highest BCUT2D eigenvalue weighted by molar-refractivity contribution is 7.89. The van der Waals surface area contributed by atoms with Gasteiger partial charge in [0.15, 0.2) is 0 Å². The zero-order valence-corrected chi connectivity index (χ0v) is 14.8. The fourth-order valence-electron chi connectivity index (χ4n) is 2.86. The van der Waals surface area contributed by atoms with E-state index in [1.54, 1.807) is 12.1 Å². The highest BCUT2D eigenvalue weighted by Crippen LogP contribution is 2.30. The monoisotopic (exact) mass is 356 g/mol. The van der Waals surface area contributed by atoms with Crippen LogP contribution in [0.1, 0.15) is 25.7 Å². The summed E-state index contributed by atoms with van der Waals surface area (Å²) >= 11 is 0. The third kappa shape index (κ3) is 4.25. The number of nitrogens with zero attached hydrogens (tertiary/aromatic N) is 1. The van der Waals surface area contributed by atoms with E-state index >= 15 is 0 Å². The number of piperidine rings is 1. The van der Waals surface area contributed by atoms with Gasteiger partial charge in [-0.05, 0) is 31.4 Å². The number of sulfonamides is 1. The number of carbonyl (C=O) groups excluding carboxylic acids is 1. The van der Waals surface area contributed by atoms with E-state index in [0.717, 1.165) is 0 Å². The Labute approximate surface area is 142 Å². The molecule has 1 saturated heterocycles. The van der Waals surface area contributed by atoms with Crippen molar-refractivity contribution in [1.29, 1.82) is 0 Å². The number of carbonyl (C=O) groups is 1. The number of benzene rings is 1. The topological polar surface area (TPSA) is 95.9 Å². The lowest BCUT2D eigenvalue weighted by molar-refractivity contribution is -0.122. The number of ether oxygens (including phenoxy) is 1. The van der Waals surface area contributed by atoms with Crippen LogP contribution < -0.4 is 10.1 Å². The molecule has 1 aromatic carbocycles. The van der Waals surface area contributed by atoms with E-state index in [9.17, 15) is 18.3 Å². The van der Waals surface area contributed by atoms with E-state index in [-0.39, 0.29) is 30.2 Å². The summed E-state index contributed by atoms with van der Waals surface area (Å²) in [6.07, 6.45) is 1.43. The summed E-state index contributed by atoms with van der Waals surface area (Å²) < 4.78 is 32.0. The fraction of sp³-hybridized carbons (Fsp3) is 0.562. The minimum absolute atomic E-state index is 0.0104. The fourth-order valence-corrected chi connectivity index (χ4v) is 4.46. The van der Waals surface area contributed by atoms with Crippen LogP contribution in [0.2, 0.25) is 0 Å². The van der Waals surface area contributed by atoms with Crippen LogP contribution in [0.15, 0.2) is 29.2 Å². The average Bonchev–Trinajstić information content (AvgIpc) is 2.59. The number of hydrogen-bond donors (Lipinski definition) is 2. The molecule has 0 aliphatic carbocycles. The maximum atomic E-state index is 12.8. The van der Waals surface area contributed by atoms with Crippen LogP contribution in [0.3, 0.4) is 0 Å². The van der Waals surface area contributed by atoms with Crippen molar-refractivity contribution >= 4 is 15.9 Å². The van der Waals surface area contributed by atoms with Gasteiger partial charge in [-0.3, -0.25) is 4.79 Å². The van der Waals surface area contributed by atoms with Crippen LogP contribution >= 0.6 is 0 Å². The number of aliphatic hydroxyl groups is 1. The Morgan fingerprint density at radius 1 is 1.46 bits per heavy atom. The van der Waals surface area contributed by atoms with Crippen molar-refractivity contribution in [2.24, 2.45) is 0 Å². The van der Waals surface area contributed by atoms with Crippen molar-refractivity contribution in [3.8, 4) is 5.75 Å². The minimum atomic E-state index is -3.72. The number of nitrogens with one attached hydrogen (secondary N) is 1. The van der Waals surface area contributed by atoms with Crippen LogP contribution in [0.4, 0.5) is 0 Å². The normalized spacial score (nSPS) is 22.1. The molecule has 0 aromatic heterocycles. The van der Waals surface area contributed by atoms with Gasteiger partial charge in [-0.15, -0.1) is 0 Å². The first-order valence-electron chi connectivity index (χ1n) is 7.88. The van der Waals surface area contributed by atoms with E-state index < -0.39 is 15.6 Å². The molecule has 0 unspecified atom stereocenters. The molecule has 1 atom stereocenters. The molecular formula is C16H24N2O5S. The molecule has 7 nitrogen and oxygen atoms in total. The summed E-state index contributed by atoms with van der Waals surface area (Å²) in [6, 6.07) is 6.27. The predicted octanol–water partition coefficient (Wildman–Crippen LogP) is 0.737. The Bertz CT molecular complexity index is 691. The number of methoxy groups -OCH3 is 1. The molecule has 24 heavy (non-hydrogen) atoms. The summed E-state index contributed by atoms with van der Waals surface area (Å²) in [7, 11) is -0.706. The first kappa shape index (κ1) is 18.7. The van der Waals surface area contributed by atoms with Crippen molar-refractivity contribution in [3.63, 3.8) is 0 Å². The second kappa shape index (κ2) is 7.50. The molecule has 134 valence electrons. The van der Waals surface area contributed by atoms with E-state index in [2.05, 4.69) is 5.32 Å². The third-order valence-electron chi connectivity index (χ3n) is 4.30. The van der Waals surface area contributed by atoms with Crippen molar-refractivity contribution in [2.75, 3.05) is 27.2 Å². The van der Waals surface area contributed by atoms with Gasteiger partial charge in [0.1, 0.15) is 5.75 Å². The first-order chi connectivity index (χ1) is 11.3. The number of β-amino-alcohol motifs (C(OH)–C–C–N with tert-alkyl or cyclic N) is 1.